The highest BCUT2D eigenvalue weighted by Crippen LogP contribution is 2.17. The molecule has 1 unspecified atom stereocenters. The molecule has 0 aliphatic carbocycles. The highest BCUT2D eigenvalue weighted by molar-refractivity contribution is 5.96. The molecule has 0 aromatic heterocycles. The van der Waals surface area contributed by atoms with Gasteiger partial charge in [-0.2, -0.15) is 4.99 Å². The third-order valence-corrected chi connectivity index (χ3v) is 3.71. The number of hydrogen-bond donors (Lipinski definition) is 0. The van der Waals surface area contributed by atoms with Crippen LogP contribution in [0.3, 0.4) is 0 Å². The van der Waals surface area contributed by atoms with E-state index in [4.69, 9.17) is 38.4 Å². The van der Waals surface area contributed by atoms with E-state index >= 15 is 0 Å². The molecule has 0 fully saturated rings. The summed E-state index contributed by atoms with van der Waals surface area (Å²) in [7, 11) is 11.6. The summed E-state index contributed by atoms with van der Waals surface area (Å²) in [5, 5.41) is 0. The first-order valence-electron chi connectivity index (χ1n) is 8.64. The van der Waals surface area contributed by atoms with Crippen LogP contribution in [0.25, 0.3) is 0 Å². The topological polar surface area (TPSA) is 93.1 Å². The van der Waals surface area contributed by atoms with E-state index in [0.717, 1.165) is 0 Å². The van der Waals surface area contributed by atoms with Crippen molar-refractivity contribution < 1.29 is 28.4 Å². The molecule has 0 radical (unpaired) electrons. The van der Waals surface area contributed by atoms with Crippen molar-refractivity contribution in [1.29, 1.82) is 0 Å². The SMILES string of the molecule is COCN(COC)C1=NC(N(COC)COC)N(C)C(N(COC)COC)=N1. The highest BCUT2D eigenvalue weighted by atomic mass is 16.5. The van der Waals surface area contributed by atoms with E-state index < -0.39 is 6.29 Å². The molecule has 0 amide bonds. The van der Waals surface area contributed by atoms with Crippen LogP contribution in [0.15, 0.2) is 9.98 Å². The lowest BCUT2D eigenvalue weighted by atomic mass is 10.5. The molecule has 0 saturated carbocycles. The zero-order valence-electron chi connectivity index (χ0n) is 18.0. The lowest BCUT2D eigenvalue weighted by Crippen LogP contribution is -2.58. The third-order valence-electron chi connectivity index (χ3n) is 3.71. The van der Waals surface area contributed by atoms with E-state index in [1.165, 1.54) is 0 Å². The zero-order chi connectivity index (χ0) is 20.9. The number of nitrogens with zero attached hydrogens (tertiary/aromatic N) is 6. The molecule has 0 aromatic rings. The van der Waals surface area contributed by atoms with E-state index in [1.54, 1.807) is 47.6 Å². The van der Waals surface area contributed by atoms with Crippen LogP contribution in [-0.2, 0) is 28.4 Å². The van der Waals surface area contributed by atoms with E-state index in [9.17, 15) is 0 Å². The first-order valence-corrected chi connectivity index (χ1v) is 8.64. The van der Waals surface area contributed by atoms with E-state index in [-0.39, 0.29) is 13.5 Å². The average molecular weight is 406 g/mol. The summed E-state index contributed by atoms with van der Waals surface area (Å²) < 4.78 is 31.8. The van der Waals surface area contributed by atoms with Gasteiger partial charge in [0.25, 0.3) is 0 Å². The van der Waals surface area contributed by atoms with Gasteiger partial charge >= 0.3 is 0 Å². The molecule has 0 saturated heterocycles. The van der Waals surface area contributed by atoms with Gasteiger partial charge in [0.05, 0.1) is 0 Å². The van der Waals surface area contributed by atoms with Crippen LogP contribution in [0.5, 0.6) is 0 Å². The molecule has 1 aliphatic heterocycles. The van der Waals surface area contributed by atoms with Crippen LogP contribution in [0, 0.1) is 0 Å². The molecule has 1 aliphatic rings. The summed E-state index contributed by atoms with van der Waals surface area (Å²) in [5.74, 6) is 1.07. The Morgan fingerprint density at radius 1 is 0.714 bits per heavy atom. The Hall–Kier alpha value is -1.54. The maximum absolute atomic E-state index is 5.32. The van der Waals surface area contributed by atoms with Crippen LogP contribution >= 0.6 is 0 Å². The van der Waals surface area contributed by atoms with Crippen LogP contribution in [0.4, 0.5) is 0 Å². The second-order valence-electron chi connectivity index (χ2n) is 5.97. The number of guanidine groups is 2. The molecule has 12 heteroatoms. The molecular weight excluding hydrogens is 372 g/mol. The number of methoxy groups -OCH3 is 6. The number of ether oxygens (including phenoxy) is 6. The minimum absolute atomic E-state index is 0.267. The smallest absolute Gasteiger partial charge is 0.230 e. The molecular formula is C16H34N6O6. The largest absolute Gasteiger partial charge is 0.369 e. The third kappa shape index (κ3) is 6.81. The molecule has 1 atom stereocenters. The highest BCUT2D eigenvalue weighted by Gasteiger charge is 2.33. The summed E-state index contributed by atoms with van der Waals surface area (Å²) in [5.41, 5.74) is 0. The minimum Gasteiger partial charge on any atom is -0.369 e. The number of rotatable bonds is 13. The molecule has 0 bridgehead atoms. The standard InChI is InChI=1S/C16H34N6O6/c1-19-15(21(10-25-4)11-26-5)17-14(20(8-23-2)9-24-3)18-16(19)22(12-27-6)13-28-7/h15H,8-13H2,1-7H3. The quantitative estimate of drug-likeness (QED) is 0.371. The van der Waals surface area contributed by atoms with Crippen molar-refractivity contribution in [1.82, 2.24) is 19.6 Å². The lowest BCUT2D eigenvalue weighted by molar-refractivity contribution is -0.0694. The fraction of sp³-hybridized carbons (Fsp3) is 0.875. The van der Waals surface area contributed by atoms with E-state index in [2.05, 4.69) is 0 Å². The van der Waals surface area contributed by atoms with Gasteiger partial charge in [0.15, 0.2) is 6.29 Å². The van der Waals surface area contributed by atoms with Crippen LogP contribution in [0.1, 0.15) is 0 Å². The first-order chi connectivity index (χ1) is 13.6. The Bertz CT molecular complexity index is 476. The zero-order valence-corrected chi connectivity index (χ0v) is 18.0. The molecule has 0 N–H and O–H groups in total. The van der Waals surface area contributed by atoms with E-state index in [0.29, 0.717) is 38.8 Å². The first kappa shape index (κ1) is 24.5. The molecule has 1 heterocycles. The fourth-order valence-electron chi connectivity index (χ4n) is 2.69. The van der Waals surface area contributed by atoms with Gasteiger partial charge in [0.2, 0.25) is 11.9 Å². The van der Waals surface area contributed by atoms with Crippen molar-refractivity contribution in [3.05, 3.63) is 0 Å². The van der Waals surface area contributed by atoms with Gasteiger partial charge < -0.3 is 33.3 Å². The lowest BCUT2D eigenvalue weighted by Gasteiger charge is -2.41. The molecule has 164 valence electrons. The van der Waals surface area contributed by atoms with Crippen molar-refractivity contribution in [2.75, 3.05) is 90.1 Å². The fourth-order valence-corrected chi connectivity index (χ4v) is 2.69. The Kier molecular flexibility index (Phi) is 11.9. The summed E-state index contributed by atoms with van der Waals surface area (Å²) in [4.78, 5) is 16.9. The summed E-state index contributed by atoms with van der Waals surface area (Å²) >= 11 is 0. The average Bonchev–Trinajstić information content (AvgIpc) is 2.68. The minimum atomic E-state index is -0.435. The van der Waals surface area contributed by atoms with Crippen molar-refractivity contribution in [2.24, 2.45) is 9.98 Å². The van der Waals surface area contributed by atoms with Gasteiger partial charge in [0.1, 0.15) is 40.4 Å². The number of aliphatic imine (C=N–C) groups is 2. The molecule has 0 aromatic carbocycles. The summed E-state index contributed by atoms with van der Waals surface area (Å²) in [6.45, 7) is 1.75. The van der Waals surface area contributed by atoms with E-state index in [1.807, 2.05) is 21.7 Å². The van der Waals surface area contributed by atoms with Crippen molar-refractivity contribution in [3.63, 3.8) is 0 Å². The maximum atomic E-state index is 5.32. The monoisotopic (exact) mass is 406 g/mol. The van der Waals surface area contributed by atoms with Gasteiger partial charge in [-0.05, 0) is 0 Å². The van der Waals surface area contributed by atoms with Gasteiger partial charge in [-0.3, -0.25) is 9.80 Å². The molecule has 1 rings (SSSR count). The number of hydrogen-bond acceptors (Lipinski definition) is 12. The van der Waals surface area contributed by atoms with Crippen molar-refractivity contribution in [2.45, 2.75) is 6.29 Å². The van der Waals surface area contributed by atoms with Crippen molar-refractivity contribution >= 4 is 11.9 Å². The van der Waals surface area contributed by atoms with Gasteiger partial charge in [-0.15, -0.1) is 0 Å². The summed E-state index contributed by atoms with van der Waals surface area (Å²) in [6.07, 6.45) is -0.435. The Morgan fingerprint density at radius 2 is 1.14 bits per heavy atom. The van der Waals surface area contributed by atoms with Gasteiger partial charge in [0, 0.05) is 49.7 Å². The van der Waals surface area contributed by atoms with Gasteiger partial charge in [-0.25, -0.2) is 9.89 Å². The molecule has 0 spiro atoms. The molecule has 12 nitrogen and oxygen atoms in total. The normalized spacial score (nSPS) is 17.0. The molecule has 28 heavy (non-hydrogen) atoms. The van der Waals surface area contributed by atoms with Gasteiger partial charge in [-0.1, -0.05) is 0 Å². The Morgan fingerprint density at radius 3 is 1.57 bits per heavy atom. The summed E-state index contributed by atoms with van der Waals surface area (Å²) in [6, 6.07) is 0. The van der Waals surface area contributed by atoms with Crippen molar-refractivity contribution in [3.8, 4) is 0 Å². The second-order valence-corrected chi connectivity index (χ2v) is 5.97. The Balaban J connectivity index is 3.33. The van der Waals surface area contributed by atoms with Crippen LogP contribution < -0.4 is 0 Å². The Labute approximate surface area is 167 Å². The van der Waals surface area contributed by atoms with Crippen LogP contribution in [0.2, 0.25) is 0 Å². The predicted octanol–water partition coefficient (Wildman–Crippen LogP) is -0.543. The van der Waals surface area contributed by atoms with Crippen LogP contribution in [-0.4, -0.2) is 128 Å². The maximum Gasteiger partial charge on any atom is 0.230 e. The second kappa shape index (κ2) is 13.6. The predicted molar refractivity (Wildman–Crippen MR) is 103 cm³/mol.